The molecule has 1 aliphatic rings. The first-order chi connectivity index (χ1) is 8.34. The zero-order valence-electron chi connectivity index (χ0n) is 9.69. The highest BCUT2D eigenvalue weighted by molar-refractivity contribution is 5.67. The summed E-state index contributed by atoms with van der Waals surface area (Å²) in [5, 5.41) is 6.12. The van der Waals surface area contributed by atoms with E-state index in [1.807, 2.05) is 12.1 Å². The van der Waals surface area contributed by atoms with Crippen LogP contribution in [0.4, 0.5) is 4.79 Å². The quantitative estimate of drug-likeness (QED) is 0.822. The number of aromatic nitrogens is 1. The van der Waals surface area contributed by atoms with Crippen molar-refractivity contribution in [2.24, 2.45) is 0 Å². The van der Waals surface area contributed by atoms with E-state index in [1.54, 1.807) is 12.4 Å². The minimum absolute atomic E-state index is 0.237. The number of nitrogens with zero attached hydrogens (tertiary/aromatic N) is 1. The summed E-state index contributed by atoms with van der Waals surface area (Å²) in [4.78, 5) is 15.4. The maximum Gasteiger partial charge on any atom is 0.407 e. The Labute approximate surface area is 101 Å². The fourth-order valence-electron chi connectivity index (χ4n) is 1.80. The van der Waals surface area contributed by atoms with Crippen molar-refractivity contribution < 1.29 is 9.53 Å². The Morgan fingerprint density at radius 1 is 1.41 bits per heavy atom. The van der Waals surface area contributed by atoms with E-state index in [0.717, 1.165) is 31.5 Å². The number of carbonyl (C=O) groups excluding carboxylic acids is 1. The van der Waals surface area contributed by atoms with Gasteiger partial charge in [0.15, 0.2) is 0 Å². The van der Waals surface area contributed by atoms with Gasteiger partial charge in [0.25, 0.3) is 0 Å². The molecule has 0 bridgehead atoms. The lowest BCUT2D eigenvalue weighted by atomic mass is 10.1. The number of hydrogen-bond donors (Lipinski definition) is 2. The summed E-state index contributed by atoms with van der Waals surface area (Å²) in [6.45, 7) is 2.20. The van der Waals surface area contributed by atoms with E-state index in [2.05, 4.69) is 15.6 Å². The highest BCUT2D eigenvalue weighted by Crippen LogP contribution is 2.03. The van der Waals surface area contributed by atoms with Gasteiger partial charge in [-0.25, -0.2) is 4.79 Å². The molecule has 17 heavy (non-hydrogen) atoms. The molecule has 0 saturated carbocycles. The summed E-state index contributed by atoms with van der Waals surface area (Å²) in [6.07, 6.45) is 4.95. The van der Waals surface area contributed by atoms with Gasteiger partial charge in [-0.3, -0.25) is 4.98 Å². The molecule has 2 N–H and O–H groups in total. The van der Waals surface area contributed by atoms with E-state index in [0.29, 0.717) is 6.61 Å². The van der Waals surface area contributed by atoms with Crippen LogP contribution in [0.3, 0.4) is 0 Å². The Balaban J connectivity index is 1.70. The van der Waals surface area contributed by atoms with Gasteiger partial charge in [0.2, 0.25) is 0 Å². The molecule has 0 spiro atoms. The van der Waals surface area contributed by atoms with Crippen LogP contribution in [0.25, 0.3) is 0 Å². The fourth-order valence-corrected chi connectivity index (χ4v) is 1.80. The summed E-state index contributed by atoms with van der Waals surface area (Å²) < 4.78 is 5.13. The normalized spacial score (nSPS) is 16.5. The van der Waals surface area contributed by atoms with E-state index in [1.165, 1.54) is 0 Å². The van der Waals surface area contributed by atoms with E-state index >= 15 is 0 Å². The van der Waals surface area contributed by atoms with Gasteiger partial charge in [-0.15, -0.1) is 0 Å². The first-order valence-electron chi connectivity index (χ1n) is 5.87. The van der Waals surface area contributed by atoms with Gasteiger partial charge in [0, 0.05) is 18.4 Å². The van der Waals surface area contributed by atoms with Crippen molar-refractivity contribution in [3.63, 3.8) is 0 Å². The molecule has 0 unspecified atom stereocenters. The molecular formula is C12H17N3O2. The fraction of sp³-hybridized carbons (Fsp3) is 0.500. The number of amides is 1. The predicted molar refractivity (Wildman–Crippen MR) is 63.4 cm³/mol. The van der Waals surface area contributed by atoms with Crippen molar-refractivity contribution in [3.05, 3.63) is 30.1 Å². The third kappa shape index (κ3) is 4.03. The average Bonchev–Trinajstić information content (AvgIpc) is 2.39. The molecule has 1 saturated heterocycles. The second-order valence-corrected chi connectivity index (χ2v) is 4.10. The number of pyridine rings is 1. The van der Waals surface area contributed by atoms with Gasteiger partial charge in [-0.1, -0.05) is 0 Å². The van der Waals surface area contributed by atoms with Crippen LogP contribution in [0.15, 0.2) is 24.5 Å². The van der Waals surface area contributed by atoms with Crippen LogP contribution in [0.2, 0.25) is 0 Å². The van der Waals surface area contributed by atoms with E-state index in [9.17, 15) is 4.79 Å². The van der Waals surface area contributed by atoms with Crippen molar-refractivity contribution in [2.75, 3.05) is 13.1 Å². The van der Waals surface area contributed by atoms with E-state index < -0.39 is 0 Å². The maximum absolute atomic E-state index is 11.5. The summed E-state index contributed by atoms with van der Waals surface area (Å²) in [7, 11) is 0. The van der Waals surface area contributed by atoms with Gasteiger partial charge in [0.1, 0.15) is 6.61 Å². The first kappa shape index (κ1) is 11.9. The molecule has 92 valence electrons. The summed E-state index contributed by atoms with van der Waals surface area (Å²) in [6, 6.07) is 3.90. The maximum atomic E-state index is 11.5. The lowest BCUT2D eigenvalue weighted by molar-refractivity contribution is 0.133. The van der Waals surface area contributed by atoms with Crippen molar-refractivity contribution >= 4 is 6.09 Å². The van der Waals surface area contributed by atoms with Crippen LogP contribution in [0, 0.1) is 0 Å². The third-order valence-electron chi connectivity index (χ3n) is 2.78. The molecule has 1 aromatic rings. The average molecular weight is 235 g/mol. The third-order valence-corrected chi connectivity index (χ3v) is 2.78. The molecule has 1 aliphatic heterocycles. The molecule has 1 aromatic heterocycles. The number of ether oxygens (including phenoxy) is 1. The molecule has 2 rings (SSSR count). The van der Waals surface area contributed by atoms with Crippen LogP contribution in [0.5, 0.6) is 0 Å². The number of carbonyl (C=O) groups is 1. The zero-order chi connectivity index (χ0) is 11.9. The number of piperidine rings is 1. The zero-order valence-corrected chi connectivity index (χ0v) is 9.69. The Bertz CT molecular complexity index is 350. The molecule has 0 aromatic carbocycles. The first-order valence-corrected chi connectivity index (χ1v) is 5.87. The molecule has 0 atom stereocenters. The predicted octanol–water partition coefficient (Wildman–Crippen LogP) is 1.06. The van der Waals surface area contributed by atoms with Crippen LogP contribution in [-0.4, -0.2) is 30.2 Å². The molecule has 0 aliphatic carbocycles. The highest BCUT2D eigenvalue weighted by Gasteiger charge is 2.15. The number of rotatable bonds is 3. The van der Waals surface area contributed by atoms with E-state index in [-0.39, 0.29) is 12.1 Å². The smallest absolute Gasteiger partial charge is 0.407 e. The van der Waals surface area contributed by atoms with E-state index in [4.69, 9.17) is 4.74 Å². The topological polar surface area (TPSA) is 63.2 Å². The van der Waals surface area contributed by atoms with Gasteiger partial charge < -0.3 is 15.4 Å². The molecule has 0 radical (unpaired) electrons. The molecule has 5 heteroatoms. The molecule has 2 heterocycles. The minimum atomic E-state index is -0.339. The van der Waals surface area contributed by atoms with Gasteiger partial charge in [-0.2, -0.15) is 0 Å². The van der Waals surface area contributed by atoms with Gasteiger partial charge in [-0.05, 0) is 43.6 Å². The Morgan fingerprint density at radius 2 is 2.12 bits per heavy atom. The summed E-state index contributed by atoms with van der Waals surface area (Å²) in [5.41, 5.74) is 0.945. The number of alkyl carbamates (subject to hydrolysis) is 1. The Kier molecular flexibility index (Phi) is 4.32. The SMILES string of the molecule is O=C(NC1CCNCC1)OCc1ccncc1. The molecule has 1 fully saturated rings. The van der Waals surface area contributed by atoms with Gasteiger partial charge >= 0.3 is 6.09 Å². The number of hydrogen-bond acceptors (Lipinski definition) is 4. The Hall–Kier alpha value is -1.62. The van der Waals surface area contributed by atoms with Crippen LogP contribution in [-0.2, 0) is 11.3 Å². The molecular weight excluding hydrogens is 218 g/mol. The van der Waals surface area contributed by atoms with Crippen molar-refractivity contribution in [1.29, 1.82) is 0 Å². The molecule has 1 amide bonds. The summed E-state index contributed by atoms with van der Waals surface area (Å²) in [5.74, 6) is 0. The van der Waals surface area contributed by atoms with Gasteiger partial charge in [0.05, 0.1) is 0 Å². The summed E-state index contributed by atoms with van der Waals surface area (Å²) >= 11 is 0. The van der Waals surface area contributed by atoms with Crippen LogP contribution < -0.4 is 10.6 Å². The van der Waals surface area contributed by atoms with Crippen LogP contribution in [0.1, 0.15) is 18.4 Å². The highest BCUT2D eigenvalue weighted by atomic mass is 16.5. The standard InChI is InChI=1S/C12H17N3O2/c16-12(15-11-3-7-14-8-4-11)17-9-10-1-5-13-6-2-10/h1-2,5-6,11,14H,3-4,7-9H2,(H,15,16). The molecule has 5 nitrogen and oxygen atoms in total. The van der Waals surface area contributed by atoms with Crippen molar-refractivity contribution in [1.82, 2.24) is 15.6 Å². The van der Waals surface area contributed by atoms with Crippen molar-refractivity contribution in [2.45, 2.75) is 25.5 Å². The second-order valence-electron chi connectivity index (χ2n) is 4.10. The lowest BCUT2D eigenvalue weighted by Gasteiger charge is -2.23. The van der Waals surface area contributed by atoms with Crippen LogP contribution >= 0.6 is 0 Å². The second kappa shape index (κ2) is 6.20. The minimum Gasteiger partial charge on any atom is -0.445 e. The number of nitrogens with one attached hydrogen (secondary N) is 2. The monoisotopic (exact) mass is 235 g/mol. The Morgan fingerprint density at radius 3 is 2.82 bits per heavy atom. The largest absolute Gasteiger partial charge is 0.445 e. The lowest BCUT2D eigenvalue weighted by Crippen LogP contribution is -2.42. The van der Waals surface area contributed by atoms with Crippen molar-refractivity contribution in [3.8, 4) is 0 Å².